The van der Waals surface area contributed by atoms with Crippen LogP contribution in [0.5, 0.6) is 0 Å². The number of halogens is 3. The Labute approximate surface area is 110 Å². The molecule has 112 valence electrons. The van der Waals surface area contributed by atoms with E-state index in [0.29, 0.717) is 0 Å². The molecule has 0 aliphatic carbocycles. The van der Waals surface area contributed by atoms with Gasteiger partial charge in [0.1, 0.15) is 12.4 Å². The first kappa shape index (κ1) is 17.9. The van der Waals surface area contributed by atoms with Crippen molar-refractivity contribution in [2.24, 2.45) is 13.0 Å². The summed E-state index contributed by atoms with van der Waals surface area (Å²) >= 11 is 0. The molecule has 0 aliphatic rings. The smallest absolute Gasteiger partial charge is 0.485 e. The monoisotopic (exact) mass is 302 g/mol. The fraction of sp³-hybridized carbons (Fsp3) is 0.700. The Morgan fingerprint density at radius 2 is 1.89 bits per heavy atom. The van der Waals surface area contributed by atoms with Crippen molar-refractivity contribution in [1.29, 1.82) is 0 Å². The molecule has 1 aromatic rings. The standard InChI is InChI=1S/C9H17N2.CHF3O3S/c1-4-9(2)7-11-6-5-10(3)8-11;2-1(3,4)8(5,6)7/h5-6,8-9H,4,7H2,1-3H3;(H,5,6,7)/q+1;/p-1/t9-;/m0./s1. The van der Waals surface area contributed by atoms with Gasteiger partial charge in [-0.1, -0.05) is 13.8 Å². The third-order valence-corrected chi connectivity index (χ3v) is 2.89. The summed E-state index contributed by atoms with van der Waals surface area (Å²) in [6.07, 6.45) is 7.56. The zero-order valence-corrected chi connectivity index (χ0v) is 11.7. The van der Waals surface area contributed by atoms with Crippen LogP contribution in [0.1, 0.15) is 20.3 Å². The molecular formula is C10H17F3N2O3S. The number of alkyl halides is 3. The molecule has 0 bridgehead atoms. The Balaban J connectivity index is 0.000000362. The van der Waals surface area contributed by atoms with Crippen LogP contribution in [0.4, 0.5) is 13.2 Å². The molecular weight excluding hydrogens is 285 g/mol. The molecule has 0 N–H and O–H groups in total. The van der Waals surface area contributed by atoms with Crippen LogP contribution >= 0.6 is 0 Å². The topological polar surface area (TPSA) is 66.0 Å². The Hall–Kier alpha value is -1.09. The minimum atomic E-state index is -6.09. The van der Waals surface area contributed by atoms with Gasteiger partial charge in [0.05, 0.1) is 13.6 Å². The molecule has 0 spiro atoms. The molecule has 0 saturated heterocycles. The molecule has 1 aromatic heterocycles. The third-order valence-electron chi connectivity index (χ3n) is 2.33. The van der Waals surface area contributed by atoms with Crippen molar-refractivity contribution in [3.8, 4) is 0 Å². The second kappa shape index (κ2) is 6.90. The van der Waals surface area contributed by atoms with Crippen molar-refractivity contribution in [1.82, 2.24) is 4.57 Å². The molecule has 0 radical (unpaired) electrons. The number of aromatic nitrogens is 2. The first-order chi connectivity index (χ1) is 8.47. The van der Waals surface area contributed by atoms with E-state index < -0.39 is 15.6 Å². The highest BCUT2D eigenvalue weighted by molar-refractivity contribution is 7.86. The van der Waals surface area contributed by atoms with Crippen molar-refractivity contribution in [3.05, 3.63) is 18.7 Å². The second-order valence-corrected chi connectivity index (χ2v) is 5.56. The number of aryl methyl sites for hydroxylation is 1. The van der Waals surface area contributed by atoms with E-state index in [9.17, 15) is 13.2 Å². The van der Waals surface area contributed by atoms with Crippen LogP contribution in [0.15, 0.2) is 18.7 Å². The molecule has 0 unspecified atom stereocenters. The molecule has 1 heterocycles. The summed E-state index contributed by atoms with van der Waals surface area (Å²) in [4.78, 5) is 0. The molecule has 0 aliphatic heterocycles. The van der Waals surface area contributed by atoms with Crippen molar-refractivity contribution < 1.29 is 30.7 Å². The number of hydrogen-bond donors (Lipinski definition) is 0. The molecule has 9 heteroatoms. The molecule has 1 rings (SSSR count). The van der Waals surface area contributed by atoms with Crippen LogP contribution in [0.2, 0.25) is 0 Å². The van der Waals surface area contributed by atoms with E-state index in [1.165, 1.54) is 6.42 Å². The zero-order chi connectivity index (χ0) is 15.3. The van der Waals surface area contributed by atoms with Gasteiger partial charge in [0.2, 0.25) is 6.33 Å². The Bertz CT molecular complexity index is 482. The maximum atomic E-state index is 10.7. The van der Waals surface area contributed by atoms with Gasteiger partial charge in [0.25, 0.3) is 0 Å². The van der Waals surface area contributed by atoms with E-state index in [2.05, 4.69) is 41.7 Å². The van der Waals surface area contributed by atoms with Gasteiger partial charge in [-0.3, -0.25) is 0 Å². The predicted molar refractivity (Wildman–Crippen MR) is 60.8 cm³/mol. The van der Waals surface area contributed by atoms with E-state index in [0.717, 1.165) is 12.5 Å². The highest BCUT2D eigenvalue weighted by Crippen LogP contribution is 2.20. The summed E-state index contributed by atoms with van der Waals surface area (Å²) in [5.41, 5.74) is -5.65. The second-order valence-electron chi connectivity index (χ2n) is 4.19. The van der Waals surface area contributed by atoms with Crippen molar-refractivity contribution in [3.63, 3.8) is 0 Å². The van der Waals surface area contributed by atoms with E-state index in [1.54, 1.807) is 0 Å². The summed E-state index contributed by atoms with van der Waals surface area (Å²) < 4.78 is 63.2. The molecule has 1 atom stereocenters. The summed E-state index contributed by atoms with van der Waals surface area (Å²) in [5.74, 6) is 0.780. The molecule has 0 amide bonds. The first-order valence-electron chi connectivity index (χ1n) is 5.50. The van der Waals surface area contributed by atoms with Gasteiger partial charge in [-0.05, 0) is 12.3 Å². The fourth-order valence-electron chi connectivity index (χ4n) is 1.10. The minimum absolute atomic E-state index is 0.780. The average Bonchev–Trinajstić information content (AvgIpc) is 2.61. The lowest BCUT2D eigenvalue weighted by Crippen LogP contribution is -2.24. The predicted octanol–water partition coefficient (Wildman–Crippen LogP) is 1.41. The van der Waals surface area contributed by atoms with Gasteiger partial charge < -0.3 is 4.55 Å². The van der Waals surface area contributed by atoms with Gasteiger partial charge in [-0.2, -0.15) is 13.2 Å². The zero-order valence-electron chi connectivity index (χ0n) is 10.9. The summed E-state index contributed by atoms with van der Waals surface area (Å²) in [5, 5.41) is 0. The number of rotatable bonds is 3. The number of nitrogens with zero attached hydrogens (tertiary/aromatic N) is 2. The van der Waals surface area contributed by atoms with Gasteiger partial charge in [0, 0.05) is 0 Å². The Morgan fingerprint density at radius 1 is 1.42 bits per heavy atom. The van der Waals surface area contributed by atoms with Crippen LogP contribution in [-0.4, -0.2) is 23.0 Å². The van der Waals surface area contributed by atoms with Gasteiger partial charge in [-0.25, -0.2) is 17.6 Å². The molecule has 0 aromatic carbocycles. The first-order valence-corrected chi connectivity index (χ1v) is 6.91. The van der Waals surface area contributed by atoms with Gasteiger partial charge >= 0.3 is 5.51 Å². The van der Waals surface area contributed by atoms with Gasteiger partial charge in [-0.15, -0.1) is 0 Å². The van der Waals surface area contributed by atoms with E-state index >= 15 is 0 Å². The van der Waals surface area contributed by atoms with Crippen molar-refractivity contribution in [2.45, 2.75) is 32.3 Å². The lowest BCUT2D eigenvalue weighted by atomic mass is 10.1. The normalized spacial score (nSPS) is 13.6. The maximum absolute atomic E-state index is 10.7. The fourth-order valence-corrected chi connectivity index (χ4v) is 1.10. The molecule has 5 nitrogen and oxygen atoms in total. The summed E-state index contributed by atoms with van der Waals surface area (Å²) in [6, 6.07) is 0. The molecule has 0 fully saturated rings. The molecule has 0 saturated carbocycles. The Morgan fingerprint density at radius 3 is 2.16 bits per heavy atom. The third kappa shape index (κ3) is 7.16. The SMILES string of the molecule is CC[C@H](C)Cn1cc[n+](C)c1.O=S(=O)([O-])C(F)(F)F. The Kier molecular flexibility index (Phi) is 6.50. The van der Waals surface area contributed by atoms with Crippen molar-refractivity contribution >= 4 is 10.1 Å². The van der Waals surface area contributed by atoms with Crippen molar-refractivity contribution in [2.75, 3.05) is 0 Å². The number of imidazole rings is 1. The minimum Gasteiger partial charge on any atom is -0.741 e. The van der Waals surface area contributed by atoms with E-state index in [4.69, 9.17) is 13.0 Å². The highest BCUT2D eigenvalue weighted by atomic mass is 32.2. The van der Waals surface area contributed by atoms with Crippen LogP contribution < -0.4 is 4.57 Å². The lowest BCUT2D eigenvalue weighted by molar-refractivity contribution is -0.671. The quantitative estimate of drug-likeness (QED) is 0.482. The lowest BCUT2D eigenvalue weighted by Gasteiger charge is -2.08. The van der Waals surface area contributed by atoms with Crippen LogP contribution in [-0.2, 0) is 23.7 Å². The largest absolute Gasteiger partial charge is 0.741 e. The maximum Gasteiger partial charge on any atom is 0.485 e. The average molecular weight is 302 g/mol. The van der Waals surface area contributed by atoms with Crippen LogP contribution in [0.3, 0.4) is 0 Å². The van der Waals surface area contributed by atoms with E-state index in [1.807, 2.05) is 7.05 Å². The van der Waals surface area contributed by atoms with Gasteiger partial charge in [0.15, 0.2) is 10.1 Å². The summed E-state index contributed by atoms with van der Waals surface area (Å²) in [7, 11) is -4.04. The highest BCUT2D eigenvalue weighted by Gasteiger charge is 2.36. The van der Waals surface area contributed by atoms with Crippen LogP contribution in [0.25, 0.3) is 0 Å². The van der Waals surface area contributed by atoms with Crippen LogP contribution in [0, 0.1) is 5.92 Å². The summed E-state index contributed by atoms with van der Waals surface area (Å²) in [6.45, 7) is 5.64. The molecule has 19 heavy (non-hydrogen) atoms. The number of hydrogen-bond acceptors (Lipinski definition) is 3. The van der Waals surface area contributed by atoms with E-state index in [-0.39, 0.29) is 0 Å².